The summed E-state index contributed by atoms with van der Waals surface area (Å²) in [5.41, 5.74) is 1.29. The lowest BCUT2D eigenvalue weighted by atomic mass is 9.93. The summed E-state index contributed by atoms with van der Waals surface area (Å²) >= 11 is 6.36. The number of ether oxygens (including phenoxy) is 1. The molecule has 0 aromatic heterocycles. The molecule has 4 heteroatoms. The Labute approximate surface area is 132 Å². The van der Waals surface area contributed by atoms with E-state index in [0.717, 1.165) is 12.2 Å². The summed E-state index contributed by atoms with van der Waals surface area (Å²) < 4.78 is 5.60. The molecule has 114 valence electrons. The van der Waals surface area contributed by atoms with E-state index in [-0.39, 0.29) is 5.16 Å². The van der Waals surface area contributed by atoms with Crippen LogP contribution in [0.5, 0.6) is 5.75 Å². The SMILES string of the molecule is CCCCC(C)(PCl)c1cc([Si](C)(C)C)ccc1OC. The van der Waals surface area contributed by atoms with Crippen molar-refractivity contribution in [3.8, 4) is 5.75 Å². The van der Waals surface area contributed by atoms with Gasteiger partial charge in [-0.2, -0.15) is 0 Å². The second kappa shape index (κ2) is 7.29. The Morgan fingerprint density at radius 1 is 1.30 bits per heavy atom. The molecule has 0 radical (unpaired) electrons. The predicted octanol–water partition coefficient (Wildman–Crippen LogP) is 5.48. The Bertz CT molecular complexity index is 445. The van der Waals surface area contributed by atoms with Crippen molar-refractivity contribution >= 4 is 32.4 Å². The number of benzene rings is 1. The summed E-state index contributed by atoms with van der Waals surface area (Å²) in [6.45, 7) is 11.6. The largest absolute Gasteiger partial charge is 0.496 e. The summed E-state index contributed by atoms with van der Waals surface area (Å²) in [5, 5.41) is 1.50. The van der Waals surface area contributed by atoms with Gasteiger partial charge in [-0.15, -0.1) is 0 Å². The molecule has 1 aromatic rings. The lowest BCUT2D eigenvalue weighted by molar-refractivity contribution is 0.401. The lowest BCUT2D eigenvalue weighted by Gasteiger charge is -2.31. The fourth-order valence-corrected chi connectivity index (χ4v) is 4.69. The normalized spacial score (nSPS) is 15.6. The van der Waals surface area contributed by atoms with Crippen LogP contribution >= 0.6 is 19.2 Å². The molecule has 0 spiro atoms. The lowest BCUT2D eigenvalue weighted by Crippen LogP contribution is -2.38. The van der Waals surface area contributed by atoms with Crippen molar-refractivity contribution in [2.24, 2.45) is 0 Å². The van der Waals surface area contributed by atoms with Gasteiger partial charge in [0.2, 0.25) is 0 Å². The molecule has 0 amide bonds. The predicted molar refractivity (Wildman–Crippen MR) is 97.0 cm³/mol. The molecule has 0 aliphatic heterocycles. The Morgan fingerprint density at radius 3 is 2.40 bits per heavy atom. The zero-order chi connectivity index (χ0) is 15.4. The van der Waals surface area contributed by atoms with Crippen LogP contribution in [0.15, 0.2) is 18.2 Å². The van der Waals surface area contributed by atoms with Gasteiger partial charge in [-0.25, -0.2) is 0 Å². The van der Waals surface area contributed by atoms with Crippen molar-refractivity contribution in [2.45, 2.75) is 57.9 Å². The van der Waals surface area contributed by atoms with Crippen LogP contribution in [0.4, 0.5) is 0 Å². The third-order valence-corrected chi connectivity index (χ3v) is 8.13. The number of hydrogen-bond acceptors (Lipinski definition) is 1. The second-order valence-corrected chi connectivity index (χ2v) is 13.6. The number of hydrogen-bond donors (Lipinski definition) is 0. The van der Waals surface area contributed by atoms with Gasteiger partial charge in [-0.05, 0) is 20.4 Å². The number of methoxy groups -OCH3 is 1. The van der Waals surface area contributed by atoms with Gasteiger partial charge in [-0.3, -0.25) is 0 Å². The van der Waals surface area contributed by atoms with Crippen molar-refractivity contribution in [1.82, 2.24) is 0 Å². The highest BCUT2D eigenvalue weighted by atomic mass is 35.7. The molecule has 0 aliphatic carbocycles. The first kappa shape index (κ1) is 18.0. The average molecular weight is 331 g/mol. The van der Waals surface area contributed by atoms with Crippen molar-refractivity contribution in [3.05, 3.63) is 23.8 Å². The average Bonchev–Trinajstić information content (AvgIpc) is 2.43. The summed E-state index contributed by atoms with van der Waals surface area (Å²) in [7, 11) is 0.812. The molecule has 0 N–H and O–H groups in total. The van der Waals surface area contributed by atoms with Crippen molar-refractivity contribution < 1.29 is 4.74 Å². The molecule has 0 fully saturated rings. The molecular weight excluding hydrogens is 303 g/mol. The summed E-state index contributed by atoms with van der Waals surface area (Å²) in [4.78, 5) is 0. The van der Waals surface area contributed by atoms with Crippen LogP contribution in [0.1, 0.15) is 38.7 Å². The van der Waals surface area contributed by atoms with Crippen LogP contribution < -0.4 is 9.92 Å². The summed E-state index contributed by atoms with van der Waals surface area (Å²) in [5.74, 6) is 0.985. The number of unbranched alkanes of at least 4 members (excludes halogenated alkanes) is 1. The van der Waals surface area contributed by atoms with Gasteiger partial charge in [-0.1, -0.05) is 74.9 Å². The van der Waals surface area contributed by atoms with Gasteiger partial charge in [0.15, 0.2) is 0 Å². The van der Waals surface area contributed by atoms with Gasteiger partial charge in [0, 0.05) is 10.7 Å². The first-order valence-corrected chi connectivity index (χ1v) is 12.9. The highest BCUT2D eigenvalue weighted by Crippen LogP contribution is 2.50. The first-order valence-electron chi connectivity index (χ1n) is 7.35. The van der Waals surface area contributed by atoms with E-state index in [0.29, 0.717) is 7.93 Å². The molecule has 1 nitrogen and oxygen atoms in total. The fourth-order valence-electron chi connectivity index (χ4n) is 2.37. The minimum atomic E-state index is -1.32. The van der Waals surface area contributed by atoms with E-state index in [1.54, 1.807) is 7.11 Å². The van der Waals surface area contributed by atoms with Gasteiger partial charge in [0.25, 0.3) is 0 Å². The highest BCUT2D eigenvalue weighted by Gasteiger charge is 2.30. The maximum atomic E-state index is 6.36. The van der Waals surface area contributed by atoms with E-state index in [9.17, 15) is 0 Å². The topological polar surface area (TPSA) is 9.23 Å². The second-order valence-electron chi connectivity index (χ2n) is 6.70. The molecule has 0 saturated heterocycles. The summed E-state index contributed by atoms with van der Waals surface area (Å²) in [6, 6.07) is 6.71. The zero-order valence-corrected chi connectivity index (χ0v) is 16.4. The number of rotatable bonds is 7. The van der Waals surface area contributed by atoms with Gasteiger partial charge >= 0.3 is 0 Å². The zero-order valence-electron chi connectivity index (χ0n) is 13.6. The standard InChI is InChI=1S/C16H28ClOPSi/c1-7-8-11-16(2,19-17)14-12-13(20(4,5)6)9-10-15(14)18-3/h9-10,12,19H,7-8,11H2,1-6H3. The van der Waals surface area contributed by atoms with Crippen LogP contribution in [-0.2, 0) is 5.16 Å². The smallest absolute Gasteiger partial charge is 0.122 e. The Morgan fingerprint density at radius 2 is 1.95 bits per heavy atom. The van der Waals surface area contributed by atoms with Gasteiger partial charge in [0.1, 0.15) is 5.75 Å². The van der Waals surface area contributed by atoms with Crippen molar-refractivity contribution in [1.29, 1.82) is 0 Å². The third kappa shape index (κ3) is 4.23. The summed E-state index contributed by atoms with van der Waals surface area (Å²) in [6.07, 6.45) is 3.53. The van der Waals surface area contributed by atoms with E-state index in [1.807, 2.05) is 0 Å². The van der Waals surface area contributed by atoms with Crippen molar-refractivity contribution in [2.75, 3.05) is 7.11 Å². The first-order chi connectivity index (χ1) is 9.28. The maximum absolute atomic E-state index is 6.36. The fraction of sp³-hybridized carbons (Fsp3) is 0.625. The van der Waals surface area contributed by atoms with Gasteiger partial charge < -0.3 is 4.74 Å². The Hall–Kier alpha value is -0.0431. The molecule has 0 heterocycles. The van der Waals surface area contributed by atoms with E-state index in [1.165, 1.54) is 23.6 Å². The Balaban J connectivity index is 3.31. The van der Waals surface area contributed by atoms with Crippen LogP contribution in [0, 0.1) is 0 Å². The molecule has 2 unspecified atom stereocenters. The molecule has 0 aliphatic rings. The maximum Gasteiger partial charge on any atom is 0.122 e. The van der Waals surface area contributed by atoms with Crippen molar-refractivity contribution in [3.63, 3.8) is 0 Å². The molecule has 0 bridgehead atoms. The minimum Gasteiger partial charge on any atom is -0.496 e. The number of halogens is 1. The molecule has 1 rings (SSSR count). The van der Waals surface area contributed by atoms with Crippen LogP contribution in [0.25, 0.3) is 0 Å². The quantitative estimate of drug-likeness (QED) is 0.475. The molecule has 1 aromatic carbocycles. The van der Waals surface area contributed by atoms with E-state index in [4.69, 9.17) is 16.0 Å². The van der Waals surface area contributed by atoms with Gasteiger partial charge in [0.05, 0.1) is 15.2 Å². The van der Waals surface area contributed by atoms with E-state index in [2.05, 4.69) is 51.7 Å². The molecule has 20 heavy (non-hydrogen) atoms. The minimum absolute atomic E-state index is 0.0264. The van der Waals surface area contributed by atoms with Crippen LogP contribution in [0.3, 0.4) is 0 Å². The third-order valence-electron chi connectivity index (χ3n) is 3.90. The Kier molecular flexibility index (Phi) is 6.56. The molecule has 0 saturated carbocycles. The van der Waals surface area contributed by atoms with Crippen LogP contribution in [-0.4, -0.2) is 15.2 Å². The molecular formula is C16H28ClOPSi. The molecule has 2 atom stereocenters. The van der Waals surface area contributed by atoms with E-state index < -0.39 is 8.07 Å². The van der Waals surface area contributed by atoms with Crippen LogP contribution in [0.2, 0.25) is 19.6 Å². The highest BCUT2D eigenvalue weighted by molar-refractivity contribution is 7.69. The van der Waals surface area contributed by atoms with E-state index >= 15 is 0 Å². The monoisotopic (exact) mass is 330 g/mol.